The van der Waals surface area contributed by atoms with Crippen LogP contribution in [0.2, 0.25) is 5.02 Å². The number of hydrogen-bond acceptors (Lipinski definition) is 5. The first-order chi connectivity index (χ1) is 16.7. The average molecular weight is 501 g/mol. The summed E-state index contributed by atoms with van der Waals surface area (Å²) in [6, 6.07) is 18.2. The number of rotatable bonds is 11. The molecule has 184 valence electrons. The summed E-state index contributed by atoms with van der Waals surface area (Å²) >= 11 is 5.88. The van der Waals surface area contributed by atoms with Crippen LogP contribution in [-0.4, -0.2) is 28.0 Å². The molecule has 0 radical (unpaired) electrons. The summed E-state index contributed by atoms with van der Waals surface area (Å²) < 4.78 is 13.8. The maximum absolute atomic E-state index is 13.8. The lowest BCUT2D eigenvalue weighted by atomic mass is 9.95. The van der Waals surface area contributed by atoms with Crippen molar-refractivity contribution in [3.63, 3.8) is 0 Å². The lowest BCUT2D eigenvalue weighted by Crippen LogP contribution is -2.55. The molecule has 0 aliphatic carbocycles. The van der Waals surface area contributed by atoms with Gasteiger partial charge in [0.25, 0.3) is 0 Å². The van der Waals surface area contributed by atoms with Crippen LogP contribution in [0.3, 0.4) is 0 Å². The second kappa shape index (κ2) is 11.9. The Kier molecular flexibility index (Phi) is 8.97. The van der Waals surface area contributed by atoms with Gasteiger partial charge in [0.05, 0.1) is 22.2 Å². The Labute approximate surface area is 208 Å². The van der Waals surface area contributed by atoms with Gasteiger partial charge >= 0.3 is 5.97 Å². The van der Waals surface area contributed by atoms with E-state index in [4.69, 9.17) is 22.4 Å². The molecule has 0 heterocycles. The highest BCUT2D eigenvalue weighted by Crippen LogP contribution is 2.27. The van der Waals surface area contributed by atoms with Gasteiger partial charge in [-0.3, -0.25) is 4.79 Å². The second-order valence-electron chi connectivity index (χ2n) is 8.08. The summed E-state index contributed by atoms with van der Waals surface area (Å²) in [5.41, 5.74) is 12.1. The van der Waals surface area contributed by atoms with Crippen molar-refractivity contribution in [2.24, 2.45) is 0 Å². The van der Waals surface area contributed by atoms with Crippen molar-refractivity contribution in [2.45, 2.75) is 25.7 Å². The van der Waals surface area contributed by atoms with Crippen molar-refractivity contribution in [1.82, 2.24) is 10.3 Å². The second-order valence-corrected chi connectivity index (χ2v) is 8.48. The summed E-state index contributed by atoms with van der Waals surface area (Å²) in [6.07, 6.45) is 3.53. The van der Waals surface area contributed by atoms with Crippen LogP contribution in [0.5, 0.6) is 0 Å². The van der Waals surface area contributed by atoms with Crippen LogP contribution >= 0.6 is 11.6 Å². The molecule has 7 nitrogen and oxygen atoms in total. The van der Waals surface area contributed by atoms with Gasteiger partial charge in [-0.25, -0.2) is 4.39 Å². The van der Waals surface area contributed by atoms with E-state index in [0.29, 0.717) is 29.8 Å². The number of unbranched alkanes of at least 4 members (excludes halogenated alkanes) is 1. The number of nitrogen functional groups attached to an aromatic ring is 1. The number of carboxylic acid groups (broad SMARTS) is 1. The van der Waals surface area contributed by atoms with E-state index in [0.717, 1.165) is 16.7 Å². The Balaban J connectivity index is 1.68. The molecule has 0 amide bonds. The molecule has 35 heavy (non-hydrogen) atoms. The number of carboxylic acids is 1. The largest absolute Gasteiger partial charge is 0.481 e. The number of nitrogens with zero attached hydrogens (tertiary/aromatic N) is 1. The number of anilines is 1. The third-order valence-electron chi connectivity index (χ3n) is 5.43. The van der Waals surface area contributed by atoms with E-state index in [1.807, 2.05) is 36.4 Å². The van der Waals surface area contributed by atoms with Crippen LogP contribution in [0.4, 0.5) is 15.8 Å². The predicted octanol–water partition coefficient (Wildman–Crippen LogP) is 5.58. The van der Waals surface area contributed by atoms with Crippen molar-refractivity contribution in [3.05, 3.63) is 100 Å². The Morgan fingerprint density at radius 2 is 1.80 bits per heavy atom. The first kappa shape index (κ1) is 26.3. The molecular formula is C26H28ClFN3O4+. The van der Waals surface area contributed by atoms with Crippen molar-refractivity contribution in [3.8, 4) is 0 Å². The van der Waals surface area contributed by atoms with E-state index in [-0.39, 0.29) is 30.2 Å². The normalized spacial score (nSPS) is 12.1. The molecule has 0 saturated heterocycles. The number of hydrogen-bond donors (Lipinski definition) is 5. The number of nitrogens with one attached hydrogen (secondary N) is 1. The van der Waals surface area contributed by atoms with Gasteiger partial charge in [-0.1, -0.05) is 59.5 Å². The average Bonchev–Trinajstić information content (AvgIpc) is 2.81. The minimum atomic E-state index is -1.54. The molecule has 3 aromatic rings. The number of carbonyl (C=O) groups is 1. The lowest BCUT2D eigenvalue weighted by molar-refractivity contribution is -0.324. The predicted molar refractivity (Wildman–Crippen MR) is 134 cm³/mol. The topological polar surface area (TPSA) is 116 Å². The molecule has 0 bridgehead atoms. The number of aliphatic carboxylic acids is 1. The van der Waals surface area contributed by atoms with Gasteiger partial charge < -0.3 is 10.8 Å². The first-order valence-electron chi connectivity index (χ1n) is 11.1. The highest BCUT2D eigenvalue weighted by atomic mass is 35.5. The lowest BCUT2D eigenvalue weighted by Gasteiger charge is -2.21. The van der Waals surface area contributed by atoms with Crippen LogP contribution < -0.4 is 16.1 Å². The van der Waals surface area contributed by atoms with E-state index in [1.165, 1.54) is 30.3 Å². The SMILES string of the molecule is Nc1cc([N+](O)(O)NCCc2ccc(/C(=C\CCCC(=O)O)c3cccc(F)c3)cc2)ccc1Cl. The molecular weight excluding hydrogens is 473 g/mol. The molecule has 0 saturated carbocycles. The Morgan fingerprint density at radius 1 is 1.06 bits per heavy atom. The number of benzene rings is 3. The standard InChI is InChI=1S/C26H27ClFN3O4/c27-24-13-12-22(17-25(24)29)31(34,35)30-15-14-18-8-10-19(11-9-18)23(6-1-2-7-26(32)33)20-4-3-5-21(28)16-20/h3-6,8-13,16-17,30,34-35H,1-2,7,14-15,29H2/p+1/b23-6+. The van der Waals surface area contributed by atoms with Crippen LogP contribution in [0.1, 0.15) is 36.0 Å². The zero-order valence-electron chi connectivity index (χ0n) is 19.0. The quantitative estimate of drug-likeness (QED) is 0.102. The molecule has 0 atom stereocenters. The van der Waals surface area contributed by atoms with Gasteiger partial charge in [-0.2, -0.15) is 10.4 Å². The molecule has 0 unspecified atom stereocenters. The van der Waals surface area contributed by atoms with Gasteiger partial charge in [0.15, 0.2) is 0 Å². The molecule has 0 spiro atoms. The van der Waals surface area contributed by atoms with Crippen molar-refractivity contribution in [2.75, 3.05) is 12.3 Å². The Hall–Kier alpha value is -3.27. The van der Waals surface area contributed by atoms with E-state index < -0.39 is 10.9 Å². The molecule has 3 rings (SSSR count). The van der Waals surface area contributed by atoms with E-state index in [9.17, 15) is 19.6 Å². The number of nitrogens with two attached hydrogens (primary N) is 1. The molecule has 9 heteroatoms. The maximum atomic E-state index is 13.8. The minimum Gasteiger partial charge on any atom is -0.481 e. The number of allylic oxidation sites excluding steroid dienone is 1. The number of quaternary nitrogens is 1. The van der Waals surface area contributed by atoms with Gasteiger partial charge in [-0.15, -0.1) is 0 Å². The summed E-state index contributed by atoms with van der Waals surface area (Å²) in [6.45, 7) is 0.247. The Morgan fingerprint density at radius 3 is 2.46 bits per heavy atom. The van der Waals surface area contributed by atoms with Gasteiger partial charge in [0.2, 0.25) is 5.69 Å². The van der Waals surface area contributed by atoms with Crippen molar-refractivity contribution < 1.29 is 24.7 Å². The summed E-state index contributed by atoms with van der Waals surface area (Å²) in [5.74, 6) is -1.20. The van der Waals surface area contributed by atoms with Crippen molar-refractivity contribution in [1.29, 1.82) is 0 Å². The summed E-state index contributed by atoms with van der Waals surface area (Å²) in [4.78, 5) is 9.27. The van der Waals surface area contributed by atoms with E-state index in [1.54, 1.807) is 6.07 Å². The molecule has 0 fully saturated rings. The highest BCUT2D eigenvalue weighted by molar-refractivity contribution is 6.33. The summed E-state index contributed by atoms with van der Waals surface area (Å²) in [7, 11) is 0. The summed E-state index contributed by atoms with van der Waals surface area (Å²) in [5, 5.41) is 29.8. The van der Waals surface area contributed by atoms with E-state index in [2.05, 4.69) is 5.43 Å². The fourth-order valence-electron chi connectivity index (χ4n) is 3.58. The minimum absolute atomic E-state index is 0.0667. The highest BCUT2D eigenvalue weighted by Gasteiger charge is 2.27. The number of halogens is 2. The van der Waals surface area contributed by atoms with E-state index >= 15 is 0 Å². The maximum Gasteiger partial charge on any atom is 0.303 e. The smallest absolute Gasteiger partial charge is 0.303 e. The van der Waals surface area contributed by atoms with Crippen LogP contribution in [-0.2, 0) is 11.2 Å². The zero-order valence-corrected chi connectivity index (χ0v) is 19.8. The third-order valence-corrected chi connectivity index (χ3v) is 5.77. The fourth-order valence-corrected chi connectivity index (χ4v) is 3.70. The zero-order chi connectivity index (χ0) is 25.4. The van der Waals surface area contributed by atoms with Gasteiger partial charge in [-0.05, 0) is 59.7 Å². The molecule has 3 aromatic carbocycles. The third kappa shape index (κ3) is 7.61. The van der Waals surface area contributed by atoms with Gasteiger partial charge in [0, 0.05) is 18.6 Å². The Bertz CT molecular complexity index is 1200. The first-order valence-corrected chi connectivity index (χ1v) is 11.5. The van der Waals surface area contributed by atoms with Crippen LogP contribution in [0.25, 0.3) is 5.57 Å². The molecule has 6 N–H and O–H groups in total. The monoisotopic (exact) mass is 500 g/mol. The van der Waals surface area contributed by atoms with Gasteiger partial charge in [0.1, 0.15) is 5.82 Å². The van der Waals surface area contributed by atoms with Crippen LogP contribution in [0, 0.1) is 5.82 Å². The molecule has 0 aliphatic heterocycles. The van der Waals surface area contributed by atoms with Crippen LogP contribution in [0.15, 0.2) is 72.8 Å². The fraction of sp³-hybridized carbons (Fsp3) is 0.192. The molecule has 0 aromatic heterocycles. The van der Waals surface area contributed by atoms with Crippen molar-refractivity contribution >= 4 is 34.5 Å². The molecule has 0 aliphatic rings.